The minimum Gasteiger partial charge on any atom is -0.446 e. The van der Waals surface area contributed by atoms with Gasteiger partial charge >= 0.3 is 0 Å². The van der Waals surface area contributed by atoms with Crippen LogP contribution in [-0.2, 0) is 16.4 Å². The quantitative estimate of drug-likeness (QED) is 0.444. The Kier molecular flexibility index (Phi) is 5.21. The Morgan fingerprint density at radius 2 is 1.84 bits per heavy atom. The maximum atomic E-state index is 13.0. The molecule has 0 aliphatic carbocycles. The molecular formula is C21H18N6O3S2. The fraction of sp³-hybridized carbons (Fsp3) is 0.0952. The van der Waals surface area contributed by atoms with E-state index in [0.29, 0.717) is 23.7 Å². The molecule has 0 amide bonds. The smallest absolute Gasteiger partial charge is 0.282 e. The summed E-state index contributed by atoms with van der Waals surface area (Å²) in [6.45, 7) is 0. The van der Waals surface area contributed by atoms with E-state index in [1.165, 1.54) is 0 Å². The van der Waals surface area contributed by atoms with Crippen LogP contribution in [0.2, 0.25) is 0 Å². The largest absolute Gasteiger partial charge is 0.446 e. The Balaban J connectivity index is 1.33. The Bertz CT molecular complexity index is 1360. The van der Waals surface area contributed by atoms with Crippen molar-refractivity contribution in [2.45, 2.75) is 17.6 Å². The van der Waals surface area contributed by atoms with Gasteiger partial charge in [-0.2, -0.15) is 17.2 Å². The van der Waals surface area contributed by atoms with E-state index < -0.39 is 16.2 Å². The van der Waals surface area contributed by atoms with E-state index in [-0.39, 0.29) is 5.03 Å². The van der Waals surface area contributed by atoms with Crippen LogP contribution >= 0.6 is 11.7 Å². The van der Waals surface area contributed by atoms with Gasteiger partial charge in [-0.15, -0.1) is 0 Å². The van der Waals surface area contributed by atoms with Crippen LogP contribution in [0.25, 0.3) is 0 Å². The van der Waals surface area contributed by atoms with Crippen molar-refractivity contribution in [1.82, 2.24) is 8.75 Å². The molecule has 0 fully saturated rings. The Morgan fingerprint density at radius 3 is 2.62 bits per heavy atom. The summed E-state index contributed by atoms with van der Waals surface area (Å²) in [6.07, 6.45) is 3.06. The van der Waals surface area contributed by atoms with Crippen molar-refractivity contribution >= 4 is 45.3 Å². The van der Waals surface area contributed by atoms with Gasteiger partial charge in [0, 0.05) is 17.8 Å². The van der Waals surface area contributed by atoms with E-state index in [0.717, 1.165) is 28.5 Å². The fourth-order valence-corrected chi connectivity index (χ4v) is 5.40. The Hall–Kier alpha value is -3.54. The van der Waals surface area contributed by atoms with Crippen LogP contribution in [0.15, 0.2) is 81.4 Å². The number of nitrogens with two attached hydrogens (primary N) is 1. The molecule has 2 aromatic carbocycles. The van der Waals surface area contributed by atoms with Crippen molar-refractivity contribution in [1.29, 1.82) is 0 Å². The zero-order valence-corrected chi connectivity index (χ0v) is 18.3. The van der Waals surface area contributed by atoms with Crippen LogP contribution in [0.1, 0.15) is 23.0 Å². The van der Waals surface area contributed by atoms with Gasteiger partial charge < -0.3 is 15.1 Å². The van der Waals surface area contributed by atoms with Gasteiger partial charge in [0.05, 0.1) is 29.2 Å². The average Bonchev–Trinajstić information content (AvgIpc) is 3.46. The number of hydrogen-bond acceptors (Lipinski definition) is 9. The fourth-order valence-electron chi connectivity index (χ4n) is 3.41. The van der Waals surface area contributed by atoms with E-state index in [1.54, 1.807) is 47.8 Å². The van der Waals surface area contributed by atoms with Crippen molar-refractivity contribution in [3.8, 4) is 0 Å². The highest BCUT2D eigenvalue weighted by atomic mass is 32.2. The van der Waals surface area contributed by atoms with Crippen molar-refractivity contribution in [2.75, 3.05) is 9.62 Å². The maximum Gasteiger partial charge on any atom is 0.282 e. The van der Waals surface area contributed by atoms with E-state index >= 15 is 0 Å². The SMILES string of the molecule is NC1c2ccoc2N=CN1c1ccc(NS(=O)(=O)c2nsnc2Cc2ccccc2)cc1. The minimum absolute atomic E-state index is 0.0619. The van der Waals surface area contributed by atoms with E-state index in [2.05, 4.69) is 18.5 Å². The van der Waals surface area contributed by atoms with Gasteiger partial charge in [0.2, 0.25) is 10.9 Å². The molecule has 1 atom stereocenters. The van der Waals surface area contributed by atoms with Crippen molar-refractivity contribution < 1.29 is 12.8 Å². The summed E-state index contributed by atoms with van der Waals surface area (Å²) >= 11 is 0.878. The molecule has 3 N–H and O–H groups in total. The molecule has 4 aromatic rings. The first-order chi connectivity index (χ1) is 15.5. The molecule has 0 radical (unpaired) electrons. The van der Waals surface area contributed by atoms with Crippen LogP contribution in [0.4, 0.5) is 17.3 Å². The number of nitrogens with one attached hydrogen (secondary N) is 1. The number of furan rings is 1. The summed E-state index contributed by atoms with van der Waals surface area (Å²) in [6, 6.07) is 18.2. The van der Waals surface area contributed by atoms with Crippen LogP contribution in [0.5, 0.6) is 0 Å². The lowest BCUT2D eigenvalue weighted by Gasteiger charge is -2.29. The number of rotatable bonds is 6. The molecule has 32 heavy (non-hydrogen) atoms. The van der Waals surface area contributed by atoms with Gasteiger partial charge in [-0.1, -0.05) is 30.3 Å². The van der Waals surface area contributed by atoms with Gasteiger partial charge in [0.25, 0.3) is 10.0 Å². The molecule has 3 heterocycles. The zero-order chi connectivity index (χ0) is 22.1. The first-order valence-corrected chi connectivity index (χ1v) is 11.9. The summed E-state index contributed by atoms with van der Waals surface area (Å²) in [5, 5.41) is -0.0619. The highest BCUT2D eigenvalue weighted by Crippen LogP contribution is 2.34. The van der Waals surface area contributed by atoms with Crippen molar-refractivity contribution in [2.24, 2.45) is 10.7 Å². The van der Waals surface area contributed by atoms with Gasteiger partial charge in [0.15, 0.2) is 0 Å². The van der Waals surface area contributed by atoms with E-state index in [1.807, 2.05) is 30.3 Å². The lowest BCUT2D eigenvalue weighted by Crippen LogP contribution is -2.35. The first kappa shape index (κ1) is 20.4. The van der Waals surface area contributed by atoms with Crippen LogP contribution in [0, 0.1) is 0 Å². The molecule has 0 bridgehead atoms. The second-order valence-corrected chi connectivity index (χ2v) is 9.23. The lowest BCUT2D eigenvalue weighted by atomic mass is 10.1. The first-order valence-electron chi connectivity index (χ1n) is 9.65. The van der Waals surface area contributed by atoms with Gasteiger partial charge in [0.1, 0.15) is 12.5 Å². The van der Waals surface area contributed by atoms with Crippen LogP contribution in [-0.4, -0.2) is 23.5 Å². The highest BCUT2D eigenvalue weighted by Gasteiger charge is 2.26. The number of benzene rings is 2. The topological polar surface area (TPSA) is 127 Å². The second-order valence-electron chi connectivity index (χ2n) is 7.11. The molecule has 1 aliphatic heterocycles. The highest BCUT2D eigenvalue weighted by molar-refractivity contribution is 7.92. The van der Waals surface area contributed by atoms with Gasteiger partial charge in [-0.05, 0) is 35.9 Å². The van der Waals surface area contributed by atoms with E-state index in [9.17, 15) is 8.42 Å². The molecule has 5 rings (SSSR count). The summed E-state index contributed by atoms with van der Waals surface area (Å²) in [5.74, 6) is 0.487. The standard InChI is InChI=1S/C21H18N6O3S2/c22-19-17-10-11-30-20(17)23-13-27(19)16-8-6-15(7-9-16)26-32(28,29)21-18(24-31-25-21)12-14-4-2-1-3-5-14/h1-11,13,19,26H,12,22H2. The van der Waals surface area contributed by atoms with Crippen LogP contribution in [0.3, 0.4) is 0 Å². The molecule has 0 saturated carbocycles. The lowest BCUT2D eigenvalue weighted by molar-refractivity contribution is 0.567. The van der Waals surface area contributed by atoms with Gasteiger partial charge in [-0.3, -0.25) is 4.72 Å². The number of sulfonamides is 1. The Morgan fingerprint density at radius 1 is 1.06 bits per heavy atom. The average molecular weight is 467 g/mol. The third-order valence-corrected chi connectivity index (χ3v) is 7.02. The van der Waals surface area contributed by atoms with Crippen molar-refractivity contribution in [3.05, 3.63) is 83.7 Å². The number of aliphatic imine (C=N–C) groups is 1. The monoisotopic (exact) mass is 466 g/mol. The minimum atomic E-state index is -3.89. The predicted molar refractivity (Wildman–Crippen MR) is 123 cm³/mol. The normalized spacial score (nSPS) is 15.5. The Labute approximate surface area is 188 Å². The summed E-state index contributed by atoms with van der Waals surface area (Å²) < 4.78 is 42.0. The van der Waals surface area contributed by atoms with E-state index in [4.69, 9.17) is 10.2 Å². The zero-order valence-electron chi connectivity index (χ0n) is 16.6. The molecule has 2 aromatic heterocycles. The number of anilines is 2. The number of fused-ring (bicyclic) bond motifs is 1. The maximum absolute atomic E-state index is 13.0. The molecule has 11 heteroatoms. The third-order valence-electron chi connectivity index (χ3n) is 5.00. The molecule has 0 saturated heterocycles. The third kappa shape index (κ3) is 3.88. The molecule has 162 valence electrons. The van der Waals surface area contributed by atoms with Crippen LogP contribution < -0.4 is 15.4 Å². The van der Waals surface area contributed by atoms with Crippen molar-refractivity contribution in [3.63, 3.8) is 0 Å². The molecular weight excluding hydrogens is 448 g/mol. The molecule has 9 nitrogen and oxygen atoms in total. The number of aromatic nitrogens is 2. The summed E-state index contributed by atoms with van der Waals surface area (Å²) in [7, 11) is -3.89. The second kappa shape index (κ2) is 8.19. The number of nitrogens with zero attached hydrogens (tertiary/aromatic N) is 4. The molecule has 1 unspecified atom stereocenters. The van der Waals surface area contributed by atoms with Gasteiger partial charge in [-0.25, -0.2) is 4.99 Å². The number of hydrogen-bond donors (Lipinski definition) is 2. The molecule has 1 aliphatic rings. The molecule has 0 spiro atoms. The summed E-state index contributed by atoms with van der Waals surface area (Å²) in [5.41, 5.74) is 9.61. The predicted octanol–water partition coefficient (Wildman–Crippen LogP) is 3.66. The summed E-state index contributed by atoms with van der Waals surface area (Å²) in [4.78, 5) is 6.03.